The average Bonchev–Trinajstić information content (AvgIpc) is 2.14. The number of aliphatic hydroxyl groups excluding tert-OH is 1. The molecule has 0 heterocycles. The Morgan fingerprint density at radius 3 is 2.29 bits per heavy atom. The molecule has 0 radical (unpaired) electrons. The van der Waals surface area contributed by atoms with E-state index >= 15 is 0 Å². The van der Waals surface area contributed by atoms with E-state index in [0.29, 0.717) is 5.92 Å². The first kappa shape index (κ1) is 13.4. The van der Waals surface area contributed by atoms with Gasteiger partial charge < -0.3 is 15.7 Å². The van der Waals surface area contributed by atoms with Crippen molar-refractivity contribution in [2.75, 3.05) is 13.7 Å². The first-order valence-electron chi connectivity index (χ1n) is 5.09. The van der Waals surface area contributed by atoms with E-state index in [2.05, 4.69) is 24.5 Å². The van der Waals surface area contributed by atoms with Gasteiger partial charge in [0.05, 0.1) is 18.7 Å². The van der Waals surface area contributed by atoms with Gasteiger partial charge in [-0.1, -0.05) is 13.8 Å². The molecule has 3 N–H and O–H groups in total. The number of amides is 1. The minimum absolute atomic E-state index is 0.000351. The van der Waals surface area contributed by atoms with Crippen LogP contribution in [0.4, 0.5) is 0 Å². The van der Waals surface area contributed by atoms with Gasteiger partial charge in [0.15, 0.2) is 0 Å². The number of carbonyl (C=O) groups excluding carboxylic acids is 1. The van der Waals surface area contributed by atoms with Crippen LogP contribution in [-0.2, 0) is 4.79 Å². The number of likely N-dealkylation sites (N-methyl/N-ethyl adjacent to an activating group) is 1. The van der Waals surface area contributed by atoms with E-state index in [1.54, 1.807) is 14.0 Å². The summed E-state index contributed by atoms with van der Waals surface area (Å²) in [5.74, 6) is 0.407. The topological polar surface area (TPSA) is 61.4 Å². The molecule has 2 atom stereocenters. The third kappa shape index (κ3) is 5.19. The van der Waals surface area contributed by atoms with Crippen LogP contribution in [0.15, 0.2) is 0 Å². The maximum atomic E-state index is 11.4. The summed E-state index contributed by atoms with van der Waals surface area (Å²) in [6.07, 6.45) is 0.804. The van der Waals surface area contributed by atoms with Crippen LogP contribution < -0.4 is 10.6 Å². The zero-order chi connectivity index (χ0) is 11.1. The van der Waals surface area contributed by atoms with E-state index in [9.17, 15) is 4.79 Å². The van der Waals surface area contributed by atoms with Gasteiger partial charge in [0.25, 0.3) is 0 Å². The van der Waals surface area contributed by atoms with Crippen molar-refractivity contribution in [3.05, 3.63) is 0 Å². The highest BCUT2D eigenvalue weighted by Crippen LogP contribution is 2.04. The van der Waals surface area contributed by atoms with Gasteiger partial charge >= 0.3 is 0 Å². The van der Waals surface area contributed by atoms with Gasteiger partial charge in [-0.3, -0.25) is 4.79 Å². The highest BCUT2D eigenvalue weighted by molar-refractivity contribution is 5.81. The van der Waals surface area contributed by atoms with E-state index in [1.807, 2.05) is 0 Å². The number of hydrogen-bond acceptors (Lipinski definition) is 3. The van der Waals surface area contributed by atoms with Gasteiger partial charge in [-0.15, -0.1) is 0 Å². The van der Waals surface area contributed by atoms with Gasteiger partial charge in [-0.05, 0) is 26.3 Å². The fraction of sp³-hybridized carbons (Fsp3) is 0.900. The SMILES string of the molecule is CNC(C)C(=O)NC(CO)CC(C)C. The van der Waals surface area contributed by atoms with Crippen LogP contribution in [0.25, 0.3) is 0 Å². The van der Waals surface area contributed by atoms with E-state index in [0.717, 1.165) is 6.42 Å². The lowest BCUT2D eigenvalue weighted by Gasteiger charge is -2.20. The maximum absolute atomic E-state index is 11.4. The van der Waals surface area contributed by atoms with Crippen LogP contribution in [0, 0.1) is 5.92 Å². The summed E-state index contributed by atoms with van der Waals surface area (Å²) in [5.41, 5.74) is 0. The van der Waals surface area contributed by atoms with E-state index in [-0.39, 0.29) is 24.6 Å². The smallest absolute Gasteiger partial charge is 0.237 e. The Kier molecular flexibility index (Phi) is 6.49. The molecule has 0 aromatic rings. The van der Waals surface area contributed by atoms with Crippen LogP contribution in [0.2, 0.25) is 0 Å². The summed E-state index contributed by atoms with van der Waals surface area (Å²) >= 11 is 0. The van der Waals surface area contributed by atoms with Gasteiger partial charge in [-0.25, -0.2) is 0 Å². The first-order chi connectivity index (χ1) is 6.51. The Bertz CT molecular complexity index is 172. The molecule has 4 heteroatoms. The maximum Gasteiger partial charge on any atom is 0.237 e. The Morgan fingerprint density at radius 2 is 1.93 bits per heavy atom. The molecule has 0 rings (SSSR count). The van der Waals surface area contributed by atoms with Gasteiger partial charge in [0.1, 0.15) is 0 Å². The summed E-state index contributed by atoms with van der Waals surface area (Å²) in [5, 5.41) is 14.7. The zero-order valence-corrected chi connectivity index (χ0v) is 9.50. The van der Waals surface area contributed by atoms with Crippen molar-refractivity contribution in [1.82, 2.24) is 10.6 Å². The zero-order valence-electron chi connectivity index (χ0n) is 9.50. The van der Waals surface area contributed by atoms with E-state index in [4.69, 9.17) is 5.11 Å². The Balaban J connectivity index is 3.98. The number of nitrogens with one attached hydrogen (secondary N) is 2. The second-order valence-corrected chi connectivity index (χ2v) is 4.03. The molecule has 0 aromatic heterocycles. The van der Waals surface area contributed by atoms with E-state index < -0.39 is 0 Å². The van der Waals surface area contributed by atoms with Crippen LogP contribution in [0.3, 0.4) is 0 Å². The molecule has 0 aliphatic rings. The van der Waals surface area contributed by atoms with Crippen molar-refractivity contribution in [2.45, 2.75) is 39.3 Å². The van der Waals surface area contributed by atoms with Crippen LogP contribution in [0.1, 0.15) is 27.2 Å². The lowest BCUT2D eigenvalue weighted by atomic mass is 10.0. The van der Waals surface area contributed by atoms with Crippen molar-refractivity contribution in [3.8, 4) is 0 Å². The molecule has 0 bridgehead atoms. The minimum atomic E-state index is -0.212. The quantitative estimate of drug-likeness (QED) is 0.573. The molecule has 84 valence electrons. The van der Waals surface area contributed by atoms with Crippen LogP contribution >= 0.6 is 0 Å². The molecule has 1 amide bonds. The second-order valence-electron chi connectivity index (χ2n) is 4.03. The lowest BCUT2D eigenvalue weighted by Crippen LogP contribution is -2.46. The average molecular weight is 202 g/mol. The summed E-state index contributed by atoms with van der Waals surface area (Å²) in [6, 6.07) is -0.338. The highest BCUT2D eigenvalue weighted by atomic mass is 16.3. The largest absolute Gasteiger partial charge is 0.394 e. The number of rotatable bonds is 6. The van der Waals surface area contributed by atoms with Crippen molar-refractivity contribution in [2.24, 2.45) is 5.92 Å². The Hall–Kier alpha value is -0.610. The number of hydrogen-bond donors (Lipinski definition) is 3. The molecule has 0 fully saturated rings. The van der Waals surface area contributed by atoms with Gasteiger partial charge in [0.2, 0.25) is 5.91 Å². The summed E-state index contributed by atoms with van der Waals surface area (Å²) in [6.45, 7) is 5.92. The molecule has 0 aromatic carbocycles. The lowest BCUT2D eigenvalue weighted by molar-refractivity contribution is -0.123. The number of carbonyl (C=O) groups is 1. The molecule has 0 aliphatic heterocycles. The summed E-state index contributed by atoms with van der Waals surface area (Å²) in [4.78, 5) is 11.4. The Labute approximate surface area is 86.1 Å². The molecule has 2 unspecified atom stereocenters. The van der Waals surface area contributed by atoms with Gasteiger partial charge in [0, 0.05) is 0 Å². The third-order valence-electron chi connectivity index (χ3n) is 2.15. The fourth-order valence-electron chi connectivity index (χ4n) is 1.21. The van der Waals surface area contributed by atoms with Crippen molar-refractivity contribution >= 4 is 5.91 Å². The predicted octanol–water partition coefficient (Wildman–Crippen LogP) is 0.118. The molecule has 0 saturated heterocycles. The molecular weight excluding hydrogens is 180 g/mol. The third-order valence-corrected chi connectivity index (χ3v) is 2.15. The standard InChI is InChI=1S/C10H22N2O2/c1-7(2)5-9(6-13)12-10(14)8(3)11-4/h7-9,11,13H,5-6H2,1-4H3,(H,12,14). The fourth-order valence-corrected chi connectivity index (χ4v) is 1.21. The van der Waals surface area contributed by atoms with E-state index in [1.165, 1.54) is 0 Å². The van der Waals surface area contributed by atoms with Crippen LogP contribution in [-0.4, -0.2) is 36.8 Å². The molecule has 4 nitrogen and oxygen atoms in total. The van der Waals surface area contributed by atoms with Crippen molar-refractivity contribution in [1.29, 1.82) is 0 Å². The monoisotopic (exact) mass is 202 g/mol. The minimum Gasteiger partial charge on any atom is -0.394 e. The number of aliphatic hydroxyl groups is 1. The molecule has 0 saturated carbocycles. The molecule has 0 spiro atoms. The van der Waals surface area contributed by atoms with Crippen molar-refractivity contribution < 1.29 is 9.90 Å². The first-order valence-corrected chi connectivity index (χ1v) is 5.09. The molecular formula is C10H22N2O2. The Morgan fingerprint density at radius 1 is 1.36 bits per heavy atom. The van der Waals surface area contributed by atoms with Crippen LogP contribution in [0.5, 0.6) is 0 Å². The van der Waals surface area contributed by atoms with Gasteiger partial charge in [-0.2, -0.15) is 0 Å². The predicted molar refractivity (Wildman–Crippen MR) is 57.0 cm³/mol. The summed E-state index contributed by atoms with van der Waals surface area (Å²) in [7, 11) is 1.74. The normalized spacial score (nSPS) is 15.3. The second kappa shape index (κ2) is 6.79. The highest BCUT2D eigenvalue weighted by Gasteiger charge is 2.16. The van der Waals surface area contributed by atoms with Crippen molar-refractivity contribution in [3.63, 3.8) is 0 Å². The molecule has 0 aliphatic carbocycles. The summed E-state index contributed by atoms with van der Waals surface area (Å²) < 4.78 is 0. The molecule has 14 heavy (non-hydrogen) atoms.